The topological polar surface area (TPSA) is 69.8 Å². The van der Waals surface area contributed by atoms with E-state index in [1.54, 1.807) is 6.07 Å². The van der Waals surface area contributed by atoms with Gasteiger partial charge in [0.2, 0.25) is 0 Å². The van der Waals surface area contributed by atoms with Crippen LogP contribution in [0.15, 0.2) is 12.1 Å². The fraction of sp³-hybridized carbons (Fsp3) is 0.533. The van der Waals surface area contributed by atoms with Gasteiger partial charge in [-0.1, -0.05) is 6.92 Å². The Bertz CT molecular complexity index is 516. The number of nitrogens with zero attached hydrogens (tertiary/aromatic N) is 2. The van der Waals surface area contributed by atoms with Gasteiger partial charge in [0.05, 0.1) is 5.56 Å². The number of carboxylic acids is 1. The molecule has 3 N–H and O–H groups in total. The van der Waals surface area contributed by atoms with Crippen LogP contribution in [-0.4, -0.2) is 48.7 Å². The molecule has 110 valence electrons. The first-order valence-corrected chi connectivity index (χ1v) is 7.02. The number of hydrogen-bond acceptors (Lipinski definition) is 4. The molecule has 1 fully saturated rings. The Morgan fingerprint density at radius 2 is 2.15 bits per heavy atom. The minimum atomic E-state index is -0.964. The molecular weight excluding hydrogens is 254 g/mol. The molecule has 0 aliphatic carbocycles. The second kappa shape index (κ2) is 5.71. The molecule has 5 heteroatoms. The highest BCUT2D eigenvalue weighted by molar-refractivity contribution is 5.95. The lowest BCUT2D eigenvalue weighted by molar-refractivity contribution is 0.0698. The van der Waals surface area contributed by atoms with Gasteiger partial charge in [-0.25, -0.2) is 4.79 Å². The van der Waals surface area contributed by atoms with Crippen LogP contribution in [0.1, 0.15) is 29.3 Å². The standard InChI is InChI=1S/C15H23N3O2/c1-4-11-9-18(6-5-17(11)3)12-7-10(2)14(16)13(8-12)15(19)20/h7-8,11H,4-6,9,16H2,1-3H3,(H,19,20). The highest BCUT2D eigenvalue weighted by Crippen LogP contribution is 2.27. The third-order valence-electron chi connectivity index (χ3n) is 4.22. The summed E-state index contributed by atoms with van der Waals surface area (Å²) in [5.41, 5.74) is 8.20. The van der Waals surface area contributed by atoms with Crippen molar-refractivity contribution in [2.75, 3.05) is 37.3 Å². The number of carbonyl (C=O) groups is 1. The predicted molar refractivity (Wildman–Crippen MR) is 81.5 cm³/mol. The van der Waals surface area contributed by atoms with Crippen molar-refractivity contribution in [3.05, 3.63) is 23.3 Å². The summed E-state index contributed by atoms with van der Waals surface area (Å²) in [6, 6.07) is 4.19. The first-order valence-electron chi connectivity index (χ1n) is 7.02. The van der Waals surface area contributed by atoms with E-state index in [2.05, 4.69) is 23.8 Å². The number of nitrogens with two attached hydrogens (primary N) is 1. The fourth-order valence-corrected chi connectivity index (χ4v) is 2.76. The molecule has 1 aromatic rings. The van der Waals surface area contributed by atoms with Crippen molar-refractivity contribution in [1.29, 1.82) is 0 Å². The lowest BCUT2D eigenvalue weighted by atomic mass is 10.0. The fourth-order valence-electron chi connectivity index (χ4n) is 2.76. The highest BCUT2D eigenvalue weighted by Gasteiger charge is 2.24. The zero-order valence-corrected chi connectivity index (χ0v) is 12.4. The third kappa shape index (κ3) is 2.72. The summed E-state index contributed by atoms with van der Waals surface area (Å²) in [7, 11) is 2.14. The Morgan fingerprint density at radius 1 is 1.45 bits per heavy atom. The molecule has 1 saturated heterocycles. The molecule has 0 bridgehead atoms. The molecule has 1 aliphatic rings. The largest absolute Gasteiger partial charge is 0.478 e. The molecule has 0 amide bonds. The number of rotatable bonds is 3. The van der Waals surface area contributed by atoms with E-state index in [1.807, 2.05) is 13.0 Å². The van der Waals surface area contributed by atoms with Gasteiger partial charge in [0.15, 0.2) is 0 Å². The Balaban J connectivity index is 2.31. The lowest BCUT2D eigenvalue weighted by Crippen LogP contribution is -2.51. The summed E-state index contributed by atoms with van der Waals surface area (Å²) >= 11 is 0. The maximum atomic E-state index is 11.3. The maximum absolute atomic E-state index is 11.3. The Hall–Kier alpha value is -1.75. The molecular formula is C15H23N3O2. The average Bonchev–Trinajstić information content (AvgIpc) is 2.42. The monoisotopic (exact) mass is 277 g/mol. The van der Waals surface area contributed by atoms with Gasteiger partial charge >= 0.3 is 5.97 Å². The number of hydrogen-bond donors (Lipinski definition) is 2. The molecule has 2 rings (SSSR count). The Labute approximate surface area is 120 Å². The van der Waals surface area contributed by atoms with Crippen LogP contribution in [0.2, 0.25) is 0 Å². The first-order chi connectivity index (χ1) is 9.43. The number of carboxylic acid groups (broad SMARTS) is 1. The van der Waals surface area contributed by atoms with Gasteiger partial charge in [-0.15, -0.1) is 0 Å². The van der Waals surface area contributed by atoms with E-state index in [1.165, 1.54) is 0 Å². The van der Waals surface area contributed by atoms with Crippen molar-refractivity contribution >= 4 is 17.3 Å². The molecule has 0 spiro atoms. The number of benzene rings is 1. The number of piperazine rings is 1. The number of aromatic carboxylic acids is 1. The summed E-state index contributed by atoms with van der Waals surface area (Å²) in [4.78, 5) is 15.9. The minimum absolute atomic E-state index is 0.201. The second-order valence-corrected chi connectivity index (χ2v) is 5.52. The highest BCUT2D eigenvalue weighted by atomic mass is 16.4. The number of aryl methyl sites for hydroxylation is 1. The molecule has 0 saturated carbocycles. The summed E-state index contributed by atoms with van der Waals surface area (Å²) in [6.07, 6.45) is 1.09. The van der Waals surface area contributed by atoms with E-state index in [0.717, 1.165) is 37.3 Å². The van der Waals surface area contributed by atoms with Gasteiger partial charge in [0, 0.05) is 37.1 Å². The van der Waals surface area contributed by atoms with Gasteiger partial charge in [-0.2, -0.15) is 0 Å². The van der Waals surface area contributed by atoms with Crippen LogP contribution in [0.5, 0.6) is 0 Å². The zero-order valence-electron chi connectivity index (χ0n) is 12.4. The maximum Gasteiger partial charge on any atom is 0.337 e. The molecule has 1 atom stereocenters. The normalized spacial score (nSPS) is 20.1. The summed E-state index contributed by atoms with van der Waals surface area (Å²) in [5.74, 6) is -0.964. The SMILES string of the molecule is CCC1CN(c2cc(C)c(N)c(C(=O)O)c2)CCN1C. The molecule has 1 aromatic carbocycles. The summed E-state index contributed by atoms with van der Waals surface area (Å²) in [6.45, 7) is 6.87. The first kappa shape index (κ1) is 14.7. The van der Waals surface area contributed by atoms with Crippen LogP contribution in [0.4, 0.5) is 11.4 Å². The van der Waals surface area contributed by atoms with Gasteiger partial charge in [0.25, 0.3) is 0 Å². The molecule has 5 nitrogen and oxygen atoms in total. The van der Waals surface area contributed by atoms with Crippen molar-refractivity contribution in [3.63, 3.8) is 0 Å². The van der Waals surface area contributed by atoms with E-state index < -0.39 is 5.97 Å². The van der Waals surface area contributed by atoms with Crippen molar-refractivity contribution in [1.82, 2.24) is 4.90 Å². The van der Waals surface area contributed by atoms with Crippen molar-refractivity contribution in [2.45, 2.75) is 26.3 Å². The molecule has 20 heavy (non-hydrogen) atoms. The smallest absolute Gasteiger partial charge is 0.337 e. The summed E-state index contributed by atoms with van der Waals surface area (Å²) in [5, 5.41) is 9.25. The summed E-state index contributed by atoms with van der Waals surface area (Å²) < 4.78 is 0. The average molecular weight is 277 g/mol. The van der Waals surface area contributed by atoms with Crippen LogP contribution in [0, 0.1) is 6.92 Å². The van der Waals surface area contributed by atoms with Crippen molar-refractivity contribution < 1.29 is 9.90 Å². The van der Waals surface area contributed by atoms with Crippen molar-refractivity contribution in [2.24, 2.45) is 0 Å². The van der Waals surface area contributed by atoms with Gasteiger partial charge in [0.1, 0.15) is 0 Å². The Kier molecular flexibility index (Phi) is 4.18. The zero-order chi connectivity index (χ0) is 14.9. The van der Waals surface area contributed by atoms with Crippen molar-refractivity contribution in [3.8, 4) is 0 Å². The molecule has 1 aliphatic heterocycles. The van der Waals surface area contributed by atoms with E-state index in [4.69, 9.17) is 5.73 Å². The van der Waals surface area contributed by atoms with Crippen LogP contribution < -0.4 is 10.6 Å². The molecule has 0 radical (unpaired) electrons. The molecule has 1 heterocycles. The van der Waals surface area contributed by atoms with Crippen LogP contribution in [0.25, 0.3) is 0 Å². The van der Waals surface area contributed by atoms with Crippen LogP contribution in [0.3, 0.4) is 0 Å². The van der Waals surface area contributed by atoms with Crippen LogP contribution in [-0.2, 0) is 0 Å². The van der Waals surface area contributed by atoms with E-state index in [0.29, 0.717) is 11.7 Å². The Morgan fingerprint density at radius 3 is 2.75 bits per heavy atom. The molecule has 0 aromatic heterocycles. The van der Waals surface area contributed by atoms with E-state index in [9.17, 15) is 9.90 Å². The molecule has 1 unspecified atom stereocenters. The van der Waals surface area contributed by atoms with Gasteiger partial charge < -0.3 is 15.7 Å². The predicted octanol–water partition coefficient (Wildman–Crippen LogP) is 1.81. The van der Waals surface area contributed by atoms with Gasteiger partial charge in [-0.05, 0) is 38.1 Å². The van der Waals surface area contributed by atoms with Gasteiger partial charge in [-0.3, -0.25) is 4.90 Å². The third-order valence-corrected chi connectivity index (χ3v) is 4.22. The lowest BCUT2D eigenvalue weighted by Gasteiger charge is -2.40. The number of anilines is 2. The number of nitrogen functional groups attached to an aromatic ring is 1. The minimum Gasteiger partial charge on any atom is -0.478 e. The van der Waals surface area contributed by atoms with Crippen LogP contribution >= 0.6 is 0 Å². The van der Waals surface area contributed by atoms with E-state index >= 15 is 0 Å². The second-order valence-electron chi connectivity index (χ2n) is 5.52. The quantitative estimate of drug-likeness (QED) is 0.825. The van der Waals surface area contributed by atoms with E-state index in [-0.39, 0.29) is 5.56 Å². The number of likely N-dealkylation sites (N-methyl/N-ethyl adjacent to an activating group) is 1.